The number of carbonyl (C=O) groups excluding carboxylic acids is 1. The molecule has 4 heterocycles. The average molecular weight is 716 g/mol. The van der Waals surface area contributed by atoms with Crippen molar-refractivity contribution in [2.24, 2.45) is 0 Å². The lowest BCUT2D eigenvalue weighted by atomic mass is 9.94. The molecule has 0 aliphatic carbocycles. The zero-order chi connectivity index (χ0) is 36.7. The lowest BCUT2D eigenvalue weighted by Crippen LogP contribution is -2.67. The van der Waals surface area contributed by atoms with E-state index >= 15 is 0 Å². The normalized spacial score (nSPS) is 49.8. The average Bonchev–Trinajstić information content (AvgIpc) is 3.00. The van der Waals surface area contributed by atoms with Gasteiger partial charge in [-0.15, -0.1) is 0 Å². The van der Waals surface area contributed by atoms with Gasteiger partial charge in [-0.1, -0.05) is 0 Å². The van der Waals surface area contributed by atoms with E-state index in [1.54, 1.807) is 6.92 Å². The molecule has 0 radical (unpaired) electrons. The van der Waals surface area contributed by atoms with Crippen LogP contribution in [0.3, 0.4) is 0 Å². The van der Waals surface area contributed by atoms with Crippen molar-refractivity contribution in [3.8, 4) is 0 Å². The number of hydrogen-bond donors (Lipinski definition) is 10. The van der Waals surface area contributed by atoms with Crippen LogP contribution in [-0.4, -0.2) is 187 Å². The zero-order valence-electron chi connectivity index (χ0n) is 28.5. The van der Waals surface area contributed by atoms with Gasteiger partial charge in [0.1, 0.15) is 67.1 Å². The maximum atomic E-state index is 12.5. The molecule has 0 saturated carbocycles. The van der Waals surface area contributed by atoms with Crippen LogP contribution in [0.5, 0.6) is 0 Å². The van der Waals surface area contributed by atoms with Crippen molar-refractivity contribution in [1.29, 1.82) is 0 Å². The number of rotatable bonds is 10. The van der Waals surface area contributed by atoms with E-state index in [1.165, 1.54) is 41.7 Å². The van der Waals surface area contributed by atoms with Crippen LogP contribution < -0.4 is 5.32 Å². The van der Waals surface area contributed by atoms with Crippen LogP contribution >= 0.6 is 0 Å². The van der Waals surface area contributed by atoms with Gasteiger partial charge in [0.25, 0.3) is 0 Å². The van der Waals surface area contributed by atoms with Gasteiger partial charge in [0.05, 0.1) is 42.5 Å². The van der Waals surface area contributed by atoms with Gasteiger partial charge in [-0.05, 0) is 41.5 Å². The van der Waals surface area contributed by atoms with Gasteiger partial charge in [-0.25, -0.2) is 0 Å². The van der Waals surface area contributed by atoms with E-state index in [0.717, 1.165) is 0 Å². The largest absolute Gasteiger partial charge is 0.390 e. The number of nitrogens with one attached hydrogen (secondary N) is 1. The first-order valence-electron chi connectivity index (χ1n) is 16.3. The predicted molar refractivity (Wildman–Crippen MR) is 160 cm³/mol. The highest BCUT2D eigenvalue weighted by Gasteiger charge is 2.54. The molecule has 4 saturated heterocycles. The third-order valence-corrected chi connectivity index (χ3v) is 9.26. The molecular weight excluding hydrogens is 662 g/mol. The number of hydrogen-bond acceptors (Lipinski definition) is 18. The van der Waals surface area contributed by atoms with E-state index in [2.05, 4.69) is 5.32 Å². The maximum absolute atomic E-state index is 12.5. The number of carbonyl (C=O) groups is 1. The lowest BCUT2D eigenvalue weighted by molar-refractivity contribution is -0.385. The number of amides is 1. The van der Waals surface area contributed by atoms with Crippen LogP contribution in [0.15, 0.2) is 0 Å². The molecule has 4 rings (SSSR count). The van der Waals surface area contributed by atoms with E-state index in [4.69, 9.17) is 37.9 Å². The summed E-state index contributed by atoms with van der Waals surface area (Å²) in [5.74, 6) is -0.545. The third kappa shape index (κ3) is 9.06. The SMILES string of the molecule is COC1C(O)[C@H](NC(=O)CC(C)(C)O)C(C)O[C@H]1OC1[C@@H](O)C(C)O[C@@H](OC2[C@@H](O)C(C)O[C@@H](O[C@@H]3C(O)OC(C)[C@H](O)C3O)[C@H]2O)[C@H]1O. The molecule has 49 heavy (non-hydrogen) atoms. The van der Waals surface area contributed by atoms with Crippen LogP contribution in [0.2, 0.25) is 0 Å². The number of aliphatic hydroxyl groups is 9. The molecule has 4 aliphatic rings. The Balaban J connectivity index is 1.46. The molecular formula is C30H53NO18. The van der Waals surface area contributed by atoms with Crippen LogP contribution in [-0.2, 0) is 42.7 Å². The van der Waals surface area contributed by atoms with Crippen LogP contribution in [0.1, 0.15) is 48.0 Å². The molecule has 1 amide bonds. The van der Waals surface area contributed by atoms with Crippen molar-refractivity contribution in [2.45, 2.75) is 176 Å². The Morgan fingerprint density at radius 1 is 0.592 bits per heavy atom. The Kier molecular flexibility index (Phi) is 13.4. The molecule has 10 unspecified atom stereocenters. The molecule has 19 nitrogen and oxygen atoms in total. The standard InChI is InChI=1S/C30H53NO18/c1-9-14(31-13(32)8-30(5,6)41)18(36)25(42-7)29(44-9)48-23-17(35)12(4)45-27(21(23)39)47-22-16(34)11(3)46-28(20(22)38)49-24-19(37)15(33)10(2)43-26(24)40/h9-12,14-29,33-41H,8H2,1-7H3,(H,31,32)/t9?,10?,11?,12?,14-,15+,16+,17+,18?,19?,20+,21+,22?,23?,24+,25?,26?,27+,28+,29+/m1/s1. The molecule has 4 aliphatic heterocycles. The summed E-state index contributed by atoms with van der Waals surface area (Å²) in [6.45, 7) is 8.79. The van der Waals surface area contributed by atoms with Gasteiger partial charge in [0, 0.05) is 7.11 Å². The Morgan fingerprint density at radius 3 is 1.53 bits per heavy atom. The predicted octanol–water partition coefficient (Wildman–Crippen LogP) is -4.70. The Morgan fingerprint density at radius 2 is 1.04 bits per heavy atom. The van der Waals surface area contributed by atoms with Gasteiger partial charge < -0.3 is 89.2 Å². The summed E-state index contributed by atoms with van der Waals surface area (Å²) in [7, 11) is 1.26. The summed E-state index contributed by atoms with van der Waals surface area (Å²) in [4.78, 5) is 12.5. The maximum Gasteiger partial charge on any atom is 0.223 e. The van der Waals surface area contributed by atoms with E-state index in [9.17, 15) is 50.8 Å². The van der Waals surface area contributed by atoms with Crippen molar-refractivity contribution in [1.82, 2.24) is 5.32 Å². The van der Waals surface area contributed by atoms with Crippen molar-refractivity contribution in [2.75, 3.05) is 7.11 Å². The molecule has 0 aromatic carbocycles. The van der Waals surface area contributed by atoms with E-state index in [1.807, 2.05) is 0 Å². The Bertz CT molecular complexity index is 1080. The fraction of sp³-hybridized carbons (Fsp3) is 0.967. The van der Waals surface area contributed by atoms with Crippen molar-refractivity contribution < 1.29 is 88.6 Å². The van der Waals surface area contributed by atoms with E-state index in [-0.39, 0.29) is 6.42 Å². The van der Waals surface area contributed by atoms with E-state index < -0.39 is 134 Å². The first-order valence-corrected chi connectivity index (χ1v) is 16.3. The molecule has 0 aromatic rings. The molecule has 4 fully saturated rings. The summed E-state index contributed by atoms with van der Waals surface area (Å²) in [6.07, 6.45) is -27.4. The second-order valence-electron chi connectivity index (χ2n) is 13.9. The van der Waals surface area contributed by atoms with E-state index in [0.29, 0.717) is 0 Å². The van der Waals surface area contributed by atoms with Gasteiger partial charge in [0.2, 0.25) is 5.91 Å². The molecule has 19 heteroatoms. The Labute approximate surface area is 283 Å². The molecule has 0 bridgehead atoms. The second kappa shape index (κ2) is 16.2. The van der Waals surface area contributed by atoms with Gasteiger partial charge >= 0.3 is 0 Å². The minimum atomic E-state index is -1.81. The quantitative estimate of drug-likeness (QED) is 0.102. The second-order valence-corrected chi connectivity index (χ2v) is 13.9. The van der Waals surface area contributed by atoms with Crippen LogP contribution in [0, 0.1) is 0 Å². The monoisotopic (exact) mass is 715 g/mol. The Hall–Kier alpha value is -1.21. The number of aliphatic hydroxyl groups excluding tert-OH is 8. The van der Waals surface area contributed by atoms with Gasteiger partial charge in [-0.2, -0.15) is 0 Å². The summed E-state index contributed by atoms with van der Waals surface area (Å²) >= 11 is 0. The summed E-state index contributed by atoms with van der Waals surface area (Å²) in [6, 6.07) is -0.970. The molecule has 0 spiro atoms. The highest BCUT2D eigenvalue weighted by molar-refractivity contribution is 5.77. The minimum Gasteiger partial charge on any atom is -0.390 e. The molecule has 20 atom stereocenters. The van der Waals surface area contributed by atoms with Crippen molar-refractivity contribution in [3.63, 3.8) is 0 Å². The van der Waals surface area contributed by atoms with Crippen molar-refractivity contribution in [3.05, 3.63) is 0 Å². The summed E-state index contributed by atoms with van der Waals surface area (Å²) < 4.78 is 45.2. The highest BCUT2D eigenvalue weighted by atomic mass is 16.8. The smallest absolute Gasteiger partial charge is 0.223 e. The number of methoxy groups -OCH3 is 1. The van der Waals surface area contributed by atoms with Crippen LogP contribution in [0.4, 0.5) is 0 Å². The summed E-state index contributed by atoms with van der Waals surface area (Å²) in [5, 5.41) is 99.0. The first kappa shape index (κ1) is 40.6. The fourth-order valence-corrected chi connectivity index (χ4v) is 6.38. The van der Waals surface area contributed by atoms with Crippen LogP contribution in [0.25, 0.3) is 0 Å². The number of ether oxygens (including phenoxy) is 8. The molecule has 10 N–H and O–H groups in total. The lowest BCUT2D eigenvalue weighted by Gasteiger charge is -2.49. The third-order valence-electron chi connectivity index (χ3n) is 9.26. The fourth-order valence-electron chi connectivity index (χ4n) is 6.38. The van der Waals surface area contributed by atoms with Crippen molar-refractivity contribution >= 4 is 5.91 Å². The summed E-state index contributed by atoms with van der Waals surface area (Å²) in [5.41, 5.74) is -1.30. The van der Waals surface area contributed by atoms with Gasteiger partial charge in [-0.3, -0.25) is 4.79 Å². The molecule has 286 valence electrons. The first-order chi connectivity index (χ1) is 22.7. The molecule has 0 aromatic heterocycles. The van der Waals surface area contributed by atoms with Gasteiger partial charge in [0.15, 0.2) is 25.2 Å². The minimum absolute atomic E-state index is 0.246. The topological polar surface area (TPSA) is 285 Å². The highest BCUT2D eigenvalue weighted by Crippen LogP contribution is 2.34. The zero-order valence-corrected chi connectivity index (χ0v) is 28.5.